The molecule has 1 N–H and O–H groups in total. The van der Waals surface area contributed by atoms with Gasteiger partial charge < -0.3 is 10.2 Å². The van der Waals surface area contributed by atoms with Crippen LogP contribution in [0.5, 0.6) is 0 Å². The number of rotatable bonds is 7. The summed E-state index contributed by atoms with van der Waals surface area (Å²) in [6.45, 7) is 1.69. The van der Waals surface area contributed by atoms with Crippen molar-refractivity contribution in [3.8, 4) is 0 Å². The molecule has 0 aliphatic heterocycles. The van der Waals surface area contributed by atoms with E-state index in [0.29, 0.717) is 12.6 Å². The van der Waals surface area contributed by atoms with Crippen LogP contribution in [0.3, 0.4) is 0 Å². The maximum absolute atomic E-state index is 12.9. The van der Waals surface area contributed by atoms with E-state index in [1.807, 2.05) is 14.1 Å². The molecule has 0 aliphatic rings. The molecule has 0 spiro atoms. The van der Waals surface area contributed by atoms with Gasteiger partial charge >= 0.3 is 6.18 Å². The van der Waals surface area contributed by atoms with Gasteiger partial charge in [0.25, 0.3) is 0 Å². The lowest BCUT2D eigenvalue weighted by molar-refractivity contribution is -0.138. The molecule has 0 radical (unpaired) electrons. The highest BCUT2D eigenvalue weighted by molar-refractivity contribution is 5.30. The molecule has 0 aliphatic carbocycles. The Balaban J connectivity index is 2.48. The Morgan fingerprint density at radius 1 is 1.15 bits per heavy atom. The average molecular weight is 292 g/mol. The second-order valence-electron chi connectivity index (χ2n) is 4.99. The second-order valence-corrected chi connectivity index (χ2v) is 4.99. The highest BCUT2D eigenvalue weighted by Gasteiger charge is 2.33. The Kier molecular flexibility index (Phi) is 6.42. The number of halogens is 4. The van der Waals surface area contributed by atoms with Crippen molar-refractivity contribution in [2.75, 3.05) is 27.2 Å². The fourth-order valence-corrected chi connectivity index (χ4v) is 1.87. The Hall–Kier alpha value is -1.14. The highest BCUT2D eigenvalue weighted by Crippen LogP contribution is 2.32. The smallest absolute Gasteiger partial charge is 0.313 e. The fourth-order valence-electron chi connectivity index (χ4n) is 1.87. The van der Waals surface area contributed by atoms with Crippen molar-refractivity contribution in [3.05, 3.63) is 35.1 Å². The highest BCUT2D eigenvalue weighted by atomic mass is 19.4. The summed E-state index contributed by atoms with van der Waals surface area (Å²) in [6, 6.07) is 2.78. The minimum Gasteiger partial charge on any atom is -0.313 e. The van der Waals surface area contributed by atoms with E-state index >= 15 is 0 Å². The lowest BCUT2D eigenvalue weighted by Crippen LogP contribution is -2.20. The minimum atomic E-state index is -4.52. The Morgan fingerprint density at radius 2 is 1.85 bits per heavy atom. The quantitative estimate of drug-likeness (QED) is 0.613. The molecule has 2 nitrogen and oxygen atoms in total. The summed E-state index contributed by atoms with van der Waals surface area (Å²) in [7, 11) is 3.95. The second kappa shape index (κ2) is 7.59. The van der Waals surface area contributed by atoms with Crippen LogP contribution in [0.2, 0.25) is 0 Å². The SMILES string of the molecule is CN(C)CCCCNCc1ccc(F)cc1C(F)(F)F. The zero-order valence-electron chi connectivity index (χ0n) is 11.7. The molecule has 6 heteroatoms. The Bertz CT molecular complexity index is 416. The molecule has 0 bridgehead atoms. The summed E-state index contributed by atoms with van der Waals surface area (Å²) in [4.78, 5) is 2.06. The van der Waals surface area contributed by atoms with Crippen molar-refractivity contribution in [1.82, 2.24) is 10.2 Å². The zero-order chi connectivity index (χ0) is 15.2. The van der Waals surface area contributed by atoms with E-state index in [9.17, 15) is 17.6 Å². The first-order valence-electron chi connectivity index (χ1n) is 6.52. The summed E-state index contributed by atoms with van der Waals surface area (Å²) in [6.07, 6.45) is -2.65. The van der Waals surface area contributed by atoms with Gasteiger partial charge in [0.1, 0.15) is 5.82 Å². The summed E-state index contributed by atoms with van der Waals surface area (Å²) < 4.78 is 51.2. The first kappa shape index (κ1) is 16.9. The normalized spacial score (nSPS) is 12.2. The molecule has 0 saturated heterocycles. The molecule has 114 valence electrons. The van der Waals surface area contributed by atoms with E-state index in [1.54, 1.807) is 0 Å². The number of nitrogens with one attached hydrogen (secondary N) is 1. The number of nitrogens with zero attached hydrogens (tertiary/aromatic N) is 1. The minimum absolute atomic E-state index is 0.0755. The van der Waals surface area contributed by atoms with E-state index in [4.69, 9.17) is 0 Å². The third-order valence-electron chi connectivity index (χ3n) is 2.90. The van der Waals surface area contributed by atoms with Gasteiger partial charge in [0, 0.05) is 6.54 Å². The van der Waals surface area contributed by atoms with Crippen LogP contribution in [0.4, 0.5) is 17.6 Å². The molecule has 0 unspecified atom stereocenters. The predicted octanol–water partition coefficient (Wildman–Crippen LogP) is 3.28. The monoisotopic (exact) mass is 292 g/mol. The van der Waals surface area contributed by atoms with Crippen LogP contribution in [-0.2, 0) is 12.7 Å². The first-order valence-corrected chi connectivity index (χ1v) is 6.52. The molecule has 20 heavy (non-hydrogen) atoms. The lowest BCUT2D eigenvalue weighted by Gasteiger charge is -2.14. The first-order chi connectivity index (χ1) is 9.30. The molecule has 1 rings (SSSR count). The summed E-state index contributed by atoms with van der Waals surface area (Å²) in [5.41, 5.74) is -0.829. The summed E-state index contributed by atoms with van der Waals surface area (Å²) in [5, 5.41) is 2.97. The summed E-state index contributed by atoms with van der Waals surface area (Å²) in [5.74, 6) is -0.868. The van der Waals surface area contributed by atoms with Gasteiger partial charge in [-0.05, 0) is 57.7 Å². The Labute approximate surface area is 116 Å². The van der Waals surface area contributed by atoms with Crippen LogP contribution in [-0.4, -0.2) is 32.1 Å². The fraction of sp³-hybridized carbons (Fsp3) is 0.571. The maximum Gasteiger partial charge on any atom is 0.416 e. The third kappa shape index (κ3) is 5.88. The molecular formula is C14H20F4N2. The zero-order valence-corrected chi connectivity index (χ0v) is 11.7. The van der Waals surface area contributed by atoms with Gasteiger partial charge in [-0.1, -0.05) is 6.07 Å². The molecule has 0 aromatic heterocycles. The Morgan fingerprint density at radius 3 is 2.45 bits per heavy atom. The van der Waals surface area contributed by atoms with Gasteiger partial charge in [-0.2, -0.15) is 13.2 Å². The lowest BCUT2D eigenvalue weighted by atomic mass is 10.1. The molecular weight excluding hydrogens is 272 g/mol. The molecule has 0 atom stereocenters. The van der Waals surface area contributed by atoms with Crippen molar-refractivity contribution < 1.29 is 17.6 Å². The van der Waals surface area contributed by atoms with Gasteiger partial charge in [0.15, 0.2) is 0 Å². The number of unbranched alkanes of at least 4 members (excludes halogenated alkanes) is 1. The average Bonchev–Trinajstić information content (AvgIpc) is 2.33. The van der Waals surface area contributed by atoms with Gasteiger partial charge in [-0.15, -0.1) is 0 Å². The topological polar surface area (TPSA) is 15.3 Å². The molecule has 0 fully saturated rings. The standard InChI is InChI=1S/C14H20F4N2/c1-20(2)8-4-3-7-19-10-11-5-6-12(15)9-13(11)14(16,17)18/h5-6,9,19H,3-4,7-8,10H2,1-2H3. The van der Waals surface area contributed by atoms with E-state index in [0.717, 1.165) is 25.5 Å². The van der Waals surface area contributed by atoms with Crippen molar-refractivity contribution >= 4 is 0 Å². The van der Waals surface area contributed by atoms with Gasteiger partial charge in [0.2, 0.25) is 0 Å². The van der Waals surface area contributed by atoms with Crippen LogP contribution in [0.1, 0.15) is 24.0 Å². The van der Waals surface area contributed by atoms with E-state index in [1.165, 1.54) is 6.07 Å². The van der Waals surface area contributed by atoms with Crippen LogP contribution in [0.15, 0.2) is 18.2 Å². The largest absolute Gasteiger partial charge is 0.416 e. The summed E-state index contributed by atoms with van der Waals surface area (Å²) >= 11 is 0. The molecule has 1 aromatic carbocycles. The van der Waals surface area contributed by atoms with E-state index in [2.05, 4.69) is 10.2 Å². The molecule has 0 amide bonds. The van der Waals surface area contributed by atoms with Gasteiger partial charge in [-0.25, -0.2) is 4.39 Å². The van der Waals surface area contributed by atoms with Crippen molar-refractivity contribution in [3.63, 3.8) is 0 Å². The number of alkyl halides is 3. The van der Waals surface area contributed by atoms with Crippen LogP contribution in [0, 0.1) is 5.82 Å². The number of hydrogen-bond acceptors (Lipinski definition) is 2. The molecule has 0 heterocycles. The van der Waals surface area contributed by atoms with Crippen LogP contribution < -0.4 is 5.32 Å². The predicted molar refractivity (Wildman–Crippen MR) is 70.9 cm³/mol. The van der Waals surface area contributed by atoms with Crippen molar-refractivity contribution in [2.45, 2.75) is 25.6 Å². The maximum atomic E-state index is 12.9. The molecule has 0 saturated carbocycles. The number of hydrogen-bond donors (Lipinski definition) is 1. The van der Waals surface area contributed by atoms with E-state index in [-0.39, 0.29) is 12.1 Å². The van der Waals surface area contributed by atoms with Crippen molar-refractivity contribution in [1.29, 1.82) is 0 Å². The molecule has 1 aromatic rings. The van der Waals surface area contributed by atoms with Crippen molar-refractivity contribution in [2.24, 2.45) is 0 Å². The van der Waals surface area contributed by atoms with Crippen LogP contribution >= 0.6 is 0 Å². The number of benzene rings is 1. The van der Waals surface area contributed by atoms with Gasteiger partial charge in [-0.3, -0.25) is 0 Å². The van der Waals surface area contributed by atoms with E-state index < -0.39 is 17.6 Å². The van der Waals surface area contributed by atoms with Gasteiger partial charge in [0.05, 0.1) is 5.56 Å². The van der Waals surface area contributed by atoms with Crippen LogP contribution in [0.25, 0.3) is 0 Å². The third-order valence-corrected chi connectivity index (χ3v) is 2.90.